The van der Waals surface area contributed by atoms with Crippen LogP contribution in [0.25, 0.3) is 21.7 Å². The Bertz CT molecular complexity index is 818. The van der Waals surface area contributed by atoms with Crippen molar-refractivity contribution in [3.05, 3.63) is 65.7 Å². The molecule has 0 saturated heterocycles. The van der Waals surface area contributed by atoms with E-state index < -0.39 is 0 Å². The molecule has 1 heterocycles. The van der Waals surface area contributed by atoms with E-state index in [1.54, 1.807) is 11.3 Å². The van der Waals surface area contributed by atoms with Gasteiger partial charge < -0.3 is 10.2 Å². The molecule has 0 aliphatic rings. The van der Waals surface area contributed by atoms with Crippen molar-refractivity contribution in [3.8, 4) is 21.7 Å². The highest BCUT2D eigenvalue weighted by Crippen LogP contribution is 2.36. The molecule has 1 amide bonds. The van der Waals surface area contributed by atoms with E-state index in [2.05, 4.69) is 41.7 Å². The molecule has 0 radical (unpaired) electrons. The highest BCUT2D eigenvalue weighted by Gasteiger charge is 2.18. The maximum absolute atomic E-state index is 12.0. The molecule has 140 valence electrons. The normalized spacial score (nSPS) is 12.1. The Morgan fingerprint density at radius 3 is 2.22 bits per heavy atom. The summed E-state index contributed by atoms with van der Waals surface area (Å²) in [4.78, 5) is 19.3. The fourth-order valence-electron chi connectivity index (χ4n) is 2.98. The van der Waals surface area contributed by atoms with Crippen LogP contribution in [-0.4, -0.2) is 30.5 Å². The standard InChI is InChI=1S/C22H25N3OS/c1-16(2)23-19(26)14-25(3)15-20-24-21(17-10-6-4-7-11-17)22(27-20)18-12-8-5-9-13-18/h4-13,16H,14-15H2,1-3H3,(H,23,26)/p+1. The fraction of sp³-hybridized carbons (Fsp3) is 0.273. The summed E-state index contributed by atoms with van der Waals surface area (Å²) in [5, 5.41) is 3.99. The third-order valence-electron chi connectivity index (χ3n) is 4.12. The second kappa shape index (κ2) is 8.93. The van der Waals surface area contributed by atoms with Crippen LogP contribution >= 0.6 is 11.3 Å². The lowest BCUT2D eigenvalue weighted by Gasteiger charge is -2.13. The van der Waals surface area contributed by atoms with Gasteiger partial charge in [0.1, 0.15) is 11.6 Å². The number of rotatable bonds is 7. The summed E-state index contributed by atoms with van der Waals surface area (Å²) in [6, 6.07) is 20.8. The number of nitrogens with one attached hydrogen (secondary N) is 2. The van der Waals surface area contributed by atoms with Crippen LogP contribution in [-0.2, 0) is 11.3 Å². The summed E-state index contributed by atoms with van der Waals surface area (Å²) >= 11 is 1.71. The summed E-state index contributed by atoms with van der Waals surface area (Å²) in [6.45, 7) is 5.13. The van der Waals surface area contributed by atoms with Gasteiger partial charge in [-0.25, -0.2) is 4.98 Å². The van der Waals surface area contributed by atoms with Crippen molar-refractivity contribution < 1.29 is 9.69 Å². The molecule has 0 bridgehead atoms. The molecule has 27 heavy (non-hydrogen) atoms. The van der Waals surface area contributed by atoms with Crippen LogP contribution in [0.3, 0.4) is 0 Å². The van der Waals surface area contributed by atoms with Gasteiger partial charge in [0.05, 0.1) is 17.6 Å². The number of nitrogens with zero attached hydrogens (tertiary/aromatic N) is 1. The van der Waals surface area contributed by atoms with E-state index in [0.717, 1.165) is 27.7 Å². The van der Waals surface area contributed by atoms with Gasteiger partial charge in [0.2, 0.25) is 0 Å². The average molecular weight is 381 g/mol. The third kappa shape index (κ3) is 5.25. The van der Waals surface area contributed by atoms with E-state index in [-0.39, 0.29) is 11.9 Å². The second-order valence-electron chi connectivity index (χ2n) is 7.05. The summed E-state index contributed by atoms with van der Waals surface area (Å²) in [5.74, 6) is 0.0746. The molecule has 1 atom stereocenters. The maximum Gasteiger partial charge on any atom is 0.275 e. The van der Waals surface area contributed by atoms with Crippen molar-refractivity contribution in [2.75, 3.05) is 13.6 Å². The molecule has 2 aromatic carbocycles. The van der Waals surface area contributed by atoms with E-state index in [4.69, 9.17) is 4.98 Å². The Morgan fingerprint density at radius 1 is 1.04 bits per heavy atom. The van der Waals surface area contributed by atoms with Crippen molar-refractivity contribution in [3.63, 3.8) is 0 Å². The van der Waals surface area contributed by atoms with Gasteiger partial charge in [-0.1, -0.05) is 60.7 Å². The van der Waals surface area contributed by atoms with Gasteiger partial charge in [0, 0.05) is 11.6 Å². The molecule has 4 nitrogen and oxygen atoms in total. The van der Waals surface area contributed by atoms with Crippen molar-refractivity contribution in [1.29, 1.82) is 0 Å². The van der Waals surface area contributed by atoms with Crippen LogP contribution in [0.2, 0.25) is 0 Å². The van der Waals surface area contributed by atoms with Crippen LogP contribution in [0, 0.1) is 0 Å². The van der Waals surface area contributed by atoms with Gasteiger partial charge in [-0.3, -0.25) is 4.79 Å². The number of aromatic nitrogens is 1. The van der Waals surface area contributed by atoms with E-state index >= 15 is 0 Å². The molecule has 0 saturated carbocycles. The van der Waals surface area contributed by atoms with Gasteiger partial charge in [-0.15, -0.1) is 11.3 Å². The largest absolute Gasteiger partial charge is 0.349 e. The van der Waals surface area contributed by atoms with Gasteiger partial charge in [0.25, 0.3) is 5.91 Å². The number of hydrogen-bond donors (Lipinski definition) is 2. The monoisotopic (exact) mass is 380 g/mol. The third-order valence-corrected chi connectivity index (χ3v) is 5.22. The average Bonchev–Trinajstić information content (AvgIpc) is 3.06. The predicted molar refractivity (Wildman–Crippen MR) is 112 cm³/mol. The van der Waals surface area contributed by atoms with E-state index in [9.17, 15) is 4.79 Å². The van der Waals surface area contributed by atoms with Crippen LogP contribution in [0.4, 0.5) is 0 Å². The Hall–Kier alpha value is -2.50. The van der Waals surface area contributed by atoms with Gasteiger partial charge in [0.15, 0.2) is 6.54 Å². The Labute approximate surface area is 164 Å². The quantitative estimate of drug-likeness (QED) is 0.662. The number of carbonyl (C=O) groups excluding carboxylic acids is 1. The van der Waals surface area contributed by atoms with Crippen molar-refractivity contribution in [2.24, 2.45) is 0 Å². The minimum absolute atomic E-state index is 0.0746. The lowest BCUT2D eigenvalue weighted by Crippen LogP contribution is -3.09. The van der Waals surface area contributed by atoms with Crippen LogP contribution in [0.5, 0.6) is 0 Å². The highest BCUT2D eigenvalue weighted by molar-refractivity contribution is 7.15. The minimum Gasteiger partial charge on any atom is -0.349 e. The van der Waals surface area contributed by atoms with Crippen molar-refractivity contribution >= 4 is 17.2 Å². The molecule has 1 aromatic heterocycles. The number of amides is 1. The lowest BCUT2D eigenvalue weighted by atomic mass is 10.1. The molecule has 2 N–H and O–H groups in total. The summed E-state index contributed by atoms with van der Waals surface area (Å²) in [5.41, 5.74) is 3.31. The first-order chi connectivity index (χ1) is 13.0. The van der Waals surface area contributed by atoms with Gasteiger partial charge >= 0.3 is 0 Å². The number of quaternary nitrogens is 1. The molecule has 3 rings (SSSR count). The molecular formula is C22H26N3OS+. The molecular weight excluding hydrogens is 354 g/mol. The number of benzene rings is 2. The lowest BCUT2D eigenvalue weighted by molar-refractivity contribution is -0.885. The number of likely N-dealkylation sites (N-methyl/N-ethyl adjacent to an activating group) is 1. The number of hydrogen-bond acceptors (Lipinski definition) is 3. The topological polar surface area (TPSA) is 46.4 Å². The first-order valence-corrected chi connectivity index (χ1v) is 10.1. The number of carbonyl (C=O) groups is 1. The molecule has 0 aliphatic heterocycles. The molecule has 1 unspecified atom stereocenters. The van der Waals surface area contributed by atoms with Crippen LogP contribution < -0.4 is 10.2 Å². The Balaban J connectivity index is 1.85. The van der Waals surface area contributed by atoms with E-state index in [0.29, 0.717) is 6.54 Å². The Morgan fingerprint density at radius 2 is 1.63 bits per heavy atom. The summed E-state index contributed by atoms with van der Waals surface area (Å²) < 4.78 is 0. The van der Waals surface area contributed by atoms with Gasteiger partial charge in [-0.2, -0.15) is 0 Å². The zero-order valence-corrected chi connectivity index (χ0v) is 16.8. The van der Waals surface area contributed by atoms with Gasteiger partial charge in [-0.05, 0) is 19.4 Å². The molecule has 0 spiro atoms. The SMILES string of the molecule is CC(C)NC(=O)C[NH+](C)Cc1nc(-c2ccccc2)c(-c2ccccc2)s1. The minimum atomic E-state index is 0.0746. The maximum atomic E-state index is 12.0. The van der Waals surface area contributed by atoms with Crippen molar-refractivity contribution in [2.45, 2.75) is 26.4 Å². The van der Waals surface area contributed by atoms with E-state index in [1.807, 2.05) is 45.2 Å². The van der Waals surface area contributed by atoms with E-state index in [1.165, 1.54) is 10.4 Å². The van der Waals surface area contributed by atoms with Crippen LogP contribution in [0.15, 0.2) is 60.7 Å². The summed E-state index contributed by atoms with van der Waals surface area (Å²) in [6.07, 6.45) is 0. The first-order valence-electron chi connectivity index (χ1n) is 9.24. The number of thiazole rings is 1. The van der Waals surface area contributed by atoms with Crippen LogP contribution in [0.1, 0.15) is 18.9 Å². The summed E-state index contributed by atoms with van der Waals surface area (Å²) in [7, 11) is 2.03. The zero-order chi connectivity index (χ0) is 19.2. The highest BCUT2D eigenvalue weighted by atomic mass is 32.1. The predicted octanol–water partition coefficient (Wildman–Crippen LogP) is 3.02. The van der Waals surface area contributed by atoms with Crippen molar-refractivity contribution in [1.82, 2.24) is 10.3 Å². The molecule has 0 aliphatic carbocycles. The molecule has 0 fully saturated rings. The fourth-order valence-corrected chi connectivity index (χ4v) is 4.19. The molecule has 5 heteroatoms. The first kappa shape index (κ1) is 19.3. The Kier molecular flexibility index (Phi) is 6.37. The zero-order valence-electron chi connectivity index (χ0n) is 16.0. The second-order valence-corrected chi connectivity index (χ2v) is 8.13. The molecule has 3 aromatic rings. The smallest absolute Gasteiger partial charge is 0.275 e.